The molecule has 1 saturated heterocycles. The van der Waals surface area contributed by atoms with Crippen molar-refractivity contribution in [3.8, 4) is 0 Å². The van der Waals surface area contributed by atoms with E-state index in [0.717, 1.165) is 12.8 Å². The summed E-state index contributed by atoms with van der Waals surface area (Å²) in [5, 5.41) is 2.45. The summed E-state index contributed by atoms with van der Waals surface area (Å²) in [6.07, 6.45) is 6.64. The van der Waals surface area contributed by atoms with Crippen LogP contribution < -0.4 is 5.32 Å². The van der Waals surface area contributed by atoms with Crippen LogP contribution in [0.1, 0.15) is 46.5 Å². The Bertz CT molecular complexity index is 566. The Labute approximate surface area is 124 Å². The second kappa shape index (κ2) is 4.18. The van der Waals surface area contributed by atoms with E-state index in [4.69, 9.17) is 0 Å². The number of nitrogens with one attached hydrogen (secondary N) is 1. The highest BCUT2D eigenvalue weighted by Gasteiger charge is 2.73. The number of nitrogens with zero attached hydrogens (tertiary/aromatic N) is 1. The van der Waals surface area contributed by atoms with Gasteiger partial charge in [0.2, 0.25) is 17.7 Å². The van der Waals surface area contributed by atoms with E-state index in [2.05, 4.69) is 5.32 Å². The zero-order valence-corrected chi connectivity index (χ0v) is 12.9. The smallest absolute Gasteiger partial charge is 0.242 e. The Balaban J connectivity index is 2.08. The SMILES string of the molecule is CC12CCC(C(=O)N3C=CCCC3)(C(=O)NC1=O)C2(C)C. The number of fused-ring (bicyclic) bond motifs is 2. The van der Waals surface area contributed by atoms with Crippen LogP contribution in [0.15, 0.2) is 12.3 Å². The average Bonchev–Trinajstić information content (AvgIpc) is 2.61. The van der Waals surface area contributed by atoms with Gasteiger partial charge in [-0.2, -0.15) is 0 Å². The van der Waals surface area contributed by atoms with Crippen molar-refractivity contribution in [3.05, 3.63) is 12.3 Å². The number of carbonyl (C=O) groups excluding carboxylic acids is 3. The van der Waals surface area contributed by atoms with E-state index in [9.17, 15) is 14.4 Å². The highest BCUT2D eigenvalue weighted by Crippen LogP contribution is 2.65. The van der Waals surface area contributed by atoms with Gasteiger partial charge in [0.05, 0.1) is 5.41 Å². The summed E-state index contributed by atoms with van der Waals surface area (Å²) in [5.74, 6) is -0.818. The molecule has 0 aromatic carbocycles. The molecule has 0 spiro atoms. The molecule has 21 heavy (non-hydrogen) atoms. The highest BCUT2D eigenvalue weighted by molar-refractivity contribution is 6.16. The third-order valence-electron chi connectivity index (χ3n) is 6.24. The fraction of sp³-hybridized carbons (Fsp3) is 0.688. The van der Waals surface area contributed by atoms with Gasteiger partial charge in [0.1, 0.15) is 5.41 Å². The third kappa shape index (κ3) is 1.49. The fourth-order valence-electron chi connectivity index (χ4n) is 4.22. The molecule has 0 aromatic rings. The van der Waals surface area contributed by atoms with Gasteiger partial charge in [0.15, 0.2) is 0 Å². The summed E-state index contributed by atoms with van der Waals surface area (Å²) >= 11 is 0. The maximum absolute atomic E-state index is 13.1. The van der Waals surface area contributed by atoms with Crippen molar-refractivity contribution in [2.24, 2.45) is 16.2 Å². The molecule has 3 amide bonds. The van der Waals surface area contributed by atoms with Crippen LogP contribution in [0, 0.1) is 16.2 Å². The first kappa shape index (κ1) is 14.3. The van der Waals surface area contributed by atoms with Gasteiger partial charge < -0.3 is 4.90 Å². The van der Waals surface area contributed by atoms with Gasteiger partial charge in [-0.25, -0.2) is 0 Å². The lowest BCUT2D eigenvalue weighted by atomic mass is 9.55. The van der Waals surface area contributed by atoms with Gasteiger partial charge in [0.25, 0.3) is 0 Å². The molecule has 0 radical (unpaired) electrons. The largest absolute Gasteiger partial charge is 0.318 e. The third-order valence-corrected chi connectivity index (χ3v) is 6.24. The average molecular weight is 290 g/mol. The van der Waals surface area contributed by atoms with Gasteiger partial charge in [-0.15, -0.1) is 0 Å². The first-order chi connectivity index (χ1) is 9.77. The summed E-state index contributed by atoms with van der Waals surface area (Å²) in [7, 11) is 0. The predicted octanol–water partition coefficient (Wildman–Crippen LogP) is 1.59. The maximum Gasteiger partial charge on any atom is 0.242 e. The molecular weight excluding hydrogens is 268 g/mol. The van der Waals surface area contributed by atoms with Crippen LogP contribution in [0.2, 0.25) is 0 Å². The summed E-state index contributed by atoms with van der Waals surface area (Å²) in [6.45, 7) is 6.30. The van der Waals surface area contributed by atoms with E-state index in [-0.39, 0.29) is 11.8 Å². The molecule has 2 bridgehead atoms. The highest BCUT2D eigenvalue weighted by atomic mass is 16.2. The number of hydrogen-bond donors (Lipinski definition) is 1. The number of amides is 3. The van der Waals surface area contributed by atoms with E-state index in [1.54, 1.807) is 11.1 Å². The van der Waals surface area contributed by atoms with Crippen molar-refractivity contribution in [3.63, 3.8) is 0 Å². The van der Waals surface area contributed by atoms with E-state index in [1.165, 1.54) is 0 Å². The Hall–Kier alpha value is -1.65. The maximum atomic E-state index is 13.1. The molecule has 2 atom stereocenters. The van der Waals surface area contributed by atoms with Crippen LogP contribution in [-0.2, 0) is 14.4 Å². The number of rotatable bonds is 1. The Morgan fingerprint density at radius 2 is 1.90 bits per heavy atom. The van der Waals surface area contributed by atoms with Gasteiger partial charge in [-0.05, 0) is 25.7 Å². The summed E-state index contributed by atoms with van der Waals surface area (Å²) in [6, 6.07) is 0. The molecule has 1 saturated carbocycles. The molecule has 2 unspecified atom stereocenters. The normalized spacial score (nSPS) is 37.6. The first-order valence-electron chi connectivity index (χ1n) is 7.61. The van der Waals surface area contributed by atoms with Crippen molar-refractivity contribution < 1.29 is 14.4 Å². The van der Waals surface area contributed by atoms with Crippen molar-refractivity contribution in [1.29, 1.82) is 0 Å². The topological polar surface area (TPSA) is 66.5 Å². The zero-order chi connectivity index (χ0) is 15.5. The van der Waals surface area contributed by atoms with Gasteiger partial charge in [-0.3, -0.25) is 19.7 Å². The molecule has 1 N–H and O–H groups in total. The van der Waals surface area contributed by atoms with Crippen LogP contribution in [0.3, 0.4) is 0 Å². The zero-order valence-electron chi connectivity index (χ0n) is 12.9. The van der Waals surface area contributed by atoms with Crippen LogP contribution in [0.25, 0.3) is 0 Å². The monoisotopic (exact) mass is 290 g/mol. The summed E-state index contributed by atoms with van der Waals surface area (Å²) < 4.78 is 0. The Kier molecular flexibility index (Phi) is 2.85. The molecule has 0 aromatic heterocycles. The van der Waals surface area contributed by atoms with Crippen LogP contribution in [-0.4, -0.2) is 29.2 Å². The number of carbonyl (C=O) groups is 3. The van der Waals surface area contributed by atoms with Crippen molar-refractivity contribution in [2.75, 3.05) is 6.54 Å². The molecule has 3 rings (SSSR count). The fourth-order valence-corrected chi connectivity index (χ4v) is 4.22. The quantitative estimate of drug-likeness (QED) is 0.589. The molecular formula is C16H22N2O3. The number of imide groups is 1. The summed E-state index contributed by atoms with van der Waals surface area (Å²) in [4.78, 5) is 39.7. The second-order valence-corrected chi connectivity index (χ2v) is 7.17. The van der Waals surface area contributed by atoms with Gasteiger partial charge in [-0.1, -0.05) is 26.8 Å². The van der Waals surface area contributed by atoms with Crippen molar-refractivity contribution >= 4 is 17.7 Å². The number of piperidine rings is 1. The van der Waals surface area contributed by atoms with Crippen molar-refractivity contribution in [2.45, 2.75) is 46.5 Å². The van der Waals surface area contributed by atoms with Gasteiger partial charge >= 0.3 is 0 Å². The van der Waals surface area contributed by atoms with Crippen LogP contribution in [0.5, 0.6) is 0 Å². The minimum absolute atomic E-state index is 0.155. The van der Waals surface area contributed by atoms with Crippen molar-refractivity contribution in [1.82, 2.24) is 10.2 Å². The predicted molar refractivity (Wildman–Crippen MR) is 76.8 cm³/mol. The molecule has 5 nitrogen and oxygen atoms in total. The van der Waals surface area contributed by atoms with Crippen LogP contribution in [0.4, 0.5) is 0 Å². The molecule has 2 aliphatic heterocycles. The van der Waals surface area contributed by atoms with E-state index in [0.29, 0.717) is 19.4 Å². The molecule has 1 aliphatic carbocycles. The molecule has 2 heterocycles. The Morgan fingerprint density at radius 1 is 1.19 bits per heavy atom. The molecule has 3 aliphatic rings. The van der Waals surface area contributed by atoms with E-state index < -0.39 is 22.2 Å². The Morgan fingerprint density at radius 3 is 2.52 bits per heavy atom. The van der Waals surface area contributed by atoms with Gasteiger partial charge in [0, 0.05) is 18.2 Å². The van der Waals surface area contributed by atoms with Crippen LogP contribution >= 0.6 is 0 Å². The minimum Gasteiger partial charge on any atom is -0.318 e. The molecule has 5 heteroatoms. The molecule has 114 valence electrons. The lowest BCUT2D eigenvalue weighted by Crippen LogP contribution is -2.67. The minimum atomic E-state index is -1.13. The first-order valence-corrected chi connectivity index (χ1v) is 7.61. The lowest BCUT2D eigenvalue weighted by molar-refractivity contribution is -0.169. The standard InChI is InChI=1S/C16H22N2O3/c1-14(2)15(3)7-8-16(14,12(20)17-11(15)19)13(21)18-9-5-4-6-10-18/h5,9H,4,6-8,10H2,1-3H3,(H,17,19,20). The lowest BCUT2D eigenvalue weighted by Gasteiger charge is -2.50. The number of allylic oxidation sites excluding steroid dienone is 1. The van der Waals surface area contributed by atoms with E-state index in [1.807, 2.05) is 26.8 Å². The summed E-state index contributed by atoms with van der Waals surface area (Å²) in [5.41, 5.74) is -2.48. The van der Waals surface area contributed by atoms with E-state index >= 15 is 0 Å². The number of hydrogen-bond acceptors (Lipinski definition) is 3. The second-order valence-electron chi connectivity index (χ2n) is 7.17. The molecule has 2 fully saturated rings.